The van der Waals surface area contributed by atoms with Crippen molar-refractivity contribution in [1.82, 2.24) is 10.4 Å². The first-order valence-corrected chi connectivity index (χ1v) is 8.27. The van der Waals surface area contributed by atoms with Crippen LogP contribution in [0.3, 0.4) is 0 Å². The highest BCUT2D eigenvalue weighted by atomic mass is 79.9. The van der Waals surface area contributed by atoms with E-state index in [-0.39, 0.29) is 17.0 Å². The van der Waals surface area contributed by atoms with Crippen LogP contribution in [0.5, 0.6) is 0 Å². The van der Waals surface area contributed by atoms with Crippen molar-refractivity contribution in [1.29, 1.82) is 0 Å². The fourth-order valence-corrected chi connectivity index (χ4v) is 2.96. The van der Waals surface area contributed by atoms with Crippen molar-refractivity contribution in [2.24, 2.45) is 4.99 Å². The summed E-state index contributed by atoms with van der Waals surface area (Å²) in [7, 11) is 0. The van der Waals surface area contributed by atoms with Crippen LogP contribution in [-0.4, -0.2) is 17.4 Å². The van der Waals surface area contributed by atoms with E-state index in [1.54, 1.807) is 11.3 Å². The molecule has 1 aliphatic heterocycles. The Balaban J connectivity index is 0.00000176. The summed E-state index contributed by atoms with van der Waals surface area (Å²) >= 11 is 1.60. The van der Waals surface area contributed by atoms with Crippen LogP contribution in [0, 0.1) is 6.92 Å². The number of hydrazine groups is 1. The lowest BCUT2D eigenvalue weighted by Gasteiger charge is -2.08. The largest absolute Gasteiger partial charge is 0.286 e. The Morgan fingerprint density at radius 1 is 1.05 bits per heavy atom. The van der Waals surface area contributed by atoms with Crippen molar-refractivity contribution < 1.29 is 0 Å². The zero-order valence-corrected chi connectivity index (χ0v) is 15.2. The molecule has 0 saturated carbocycles. The van der Waals surface area contributed by atoms with Crippen molar-refractivity contribution in [3.8, 4) is 11.3 Å². The highest BCUT2D eigenvalue weighted by Crippen LogP contribution is 2.24. The predicted octanol–water partition coefficient (Wildman–Crippen LogP) is 4.59. The normalized spacial score (nSPS) is 14.5. The van der Waals surface area contributed by atoms with E-state index in [1.807, 2.05) is 0 Å². The van der Waals surface area contributed by atoms with Gasteiger partial charge in [-0.2, -0.15) is 0 Å². The second kappa shape index (κ2) is 8.29. The molecule has 0 unspecified atom stereocenters. The van der Waals surface area contributed by atoms with Crippen molar-refractivity contribution in [2.45, 2.75) is 32.6 Å². The molecule has 3 rings (SSSR count). The van der Waals surface area contributed by atoms with Gasteiger partial charge in [-0.1, -0.05) is 36.2 Å². The van der Waals surface area contributed by atoms with Crippen molar-refractivity contribution >= 4 is 39.3 Å². The zero-order valence-electron chi connectivity index (χ0n) is 12.6. The first kappa shape index (κ1) is 17.0. The van der Waals surface area contributed by atoms with Gasteiger partial charge in [-0.05, 0) is 19.8 Å². The van der Waals surface area contributed by atoms with Gasteiger partial charge in [0.25, 0.3) is 0 Å². The molecule has 1 aliphatic rings. The standard InChI is InChI=1S/C16H20N4S.BrH/c1-12-6-8-13(9-7-12)14-11-21-16(18-14)20-19-15-5-3-2-4-10-17-15;/h6-9,11H,2-5,10H2,1H3,(H,17,19)(H,18,20);1H. The number of amidine groups is 1. The third kappa shape index (κ3) is 4.55. The second-order valence-electron chi connectivity index (χ2n) is 5.29. The fourth-order valence-electron chi connectivity index (χ4n) is 2.29. The smallest absolute Gasteiger partial charge is 0.202 e. The van der Waals surface area contributed by atoms with Crippen LogP contribution in [0.1, 0.15) is 31.2 Å². The number of hydrogen-bond acceptors (Lipinski definition) is 5. The van der Waals surface area contributed by atoms with Gasteiger partial charge < -0.3 is 0 Å². The highest BCUT2D eigenvalue weighted by molar-refractivity contribution is 8.93. The molecule has 0 atom stereocenters. The Hall–Kier alpha value is -1.40. The van der Waals surface area contributed by atoms with Gasteiger partial charge in [0.15, 0.2) is 0 Å². The van der Waals surface area contributed by atoms with E-state index in [9.17, 15) is 0 Å². The molecule has 0 amide bonds. The third-order valence-corrected chi connectivity index (χ3v) is 4.30. The summed E-state index contributed by atoms with van der Waals surface area (Å²) < 4.78 is 0. The summed E-state index contributed by atoms with van der Waals surface area (Å²) in [5, 5.41) is 2.95. The average Bonchev–Trinajstić information content (AvgIpc) is 2.81. The molecule has 118 valence electrons. The van der Waals surface area contributed by atoms with Crippen LogP contribution in [0.4, 0.5) is 5.13 Å². The Labute approximate surface area is 145 Å². The molecule has 1 aromatic heterocycles. The Morgan fingerprint density at radius 3 is 2.68 bits per heavy atom. The van der Waals surface area contributed by atoms with E-state index >= 15 is 0 Å². The number of aryl methyl sites for hydroxylation is 1. The van der Waals surface area contributed by atoms with Crippen LogP contribution in [-0.2, 0) is 0 Å². The number of benzene rings is 1. The molecule has 2 heterocycles. The number of thiazole rings is 1. The maximum Gasteiger partial charge on any atom is 0.202 e. The lowest BCUT2D eigenvalue weighted by molar-refractivity contribution is 0.729. The number of hydrogen-bond donors (Lipinski definition) is 2. The van der Waals surface area contributed by atoms with Gasteiger partial charge in [0, 0.05) is 23.9 Å². The summed E-state index contributed by atoms with van der Waals surface area (Å²) in [4.78, 5) is 9.14. The highest BCUT2D eigenvalue weighted by Gasteiger charge is 2.06. The van der Waals surface area contributed by atoms with Crippen molar-refractivity contribution in [3.63, 3.8) is 0 Å². The van der Waals surface area contributed by atoms with E-state index in [2.05, 4.69) is 57.4 Å². The van der Waals surface area contributed by atoms with E-state index in [0.29, 0.717) is 0 Å². The number of aromatic nitrogens is 1. The minimum Gasteiger partial charge on any atom is -0.286 e. The molecule has 2 N–H and O–H groups in total. The summed E-state index contributed by atoms with van der Waals surface area (Å²) in [6, 6.07) is 8.44. The minimum atomic E-state index is 0. The van der Waals surface area contributed by atoms with Crippen LogP contribution in [0.15, 0.2) is 34.6 Å². The van der Waals surface area contributed by atoms with Gasteiger partial charge in [-0.25, -0.2) is 4.98 Å². The lowest BCUT2D eigenvalue weighted by Crippen LogP contribution is -2.29. The number of nitrogens with zero attached hydrogens (tertiary/aromatic N) is 2. The molecular weight excluding hydrogens is 360 g/mol. The molecule has 0 spiro atoms. The summed E-state index contributed by atoms with van der Waals surface area (Å²) in [5.74, 6) is 1.04. The van der Waals surface area contributed by atoms with E-state index in [1.165, 1.54) is 24.8 Å². The van der Waals surface area contributed by atoms with E-state index < -0.39 is 0 Å². The van der Waals surface area contributed by atoms with Crippen LogP contribution < -0.4 is 10.9 Å². The SMILES string of the molecule is Br.Cc1ccc(-c2csc(NNC3=NCCCCC3)n2)cc1. The van der Waals surface area contributed by atoms with Crippen LogP contribution in [0.25, 0.3) is 11.3 Å². The Kier molecular flexibility index (Phi) is 6.39. The van der Waals surface area contributed by atoms with Gasteiger partial charge in [-0.15, -0.1) is 28.3 Å². The van der Waals surface area contributed by atoms with Crippen LogP contribution in [0.2, 0.25) is 0 Å². The fraction of sp³-hybridized carbons (Fsp3) is 0.375. The van der Waals surface area contributed by atoms with Gasteiger partial charge in [0.05, 0.1) is 5.69 Å². The third-order valence-electron chi connectivity index (χ3n) is 3.54. The zero-order chi connectivity index (χ0) is 14.5. The molecular formula is C16H21BrN4S. The van der Waals surface area contributed by atoms with Crippen molar-refractivity contribution in [3.05, 3.63) is 35.2 Å². The van der Waals surface area contributed by atoms with Gasteiger partial charge in [0.2, 0.25) is 5.13 Å². The average molecular weight is 381 g/mol. The van der Waals surface area contributed by atoms with Gasteiger partial charge in [-0.3, -0.25) is 15.8 Å². The van der Waals surface area contributed by atoms with Gasteiger partial charge >= 0.3 is 0 Å². The molecule has 0 fully saturated rings. The van der Waals surface area contributed by atoms with Gasteiger partial charge in [0.1, 0.15) is 5.84 Å². The molecule has 1 aromatic carbocycles. The lowest BCUT2D eigenvalue weighted by atomic mass is 10.1. The summed E-state index contributed by atoms with van der Waals surface area (Å²) in [6.45, 7) is 3.02. The topological polar surface area (TPSA) is 49.3 Å². The minimum absolute atomic E-state index is 0. The number of anilines is 1. The molecule has 22 heavy (non-hydrogen) atoms. The summed E-state index contributed by atoms with van der Waals surface area (Å²) in [5.41, 5.74) is 9.79. The molecule has 0 radical (unpaired) electrons. The molecule has 0 saturated heterocycles. The number of rotatable bonds is 3. The number of aliphatic imine (C=N–C) groups is 1. The molecule has 6 heteroatoms. The maximum atomic E-state index is 4.61. The molecule has 2 aromatic rings. The molecule has 4 nitrogen and oxygen atoms in total. The molecule has 0 bridgehead atoms. The Morgan fingerprint density at radius 2 is 1.86 bits per heavy atom. The van der Waals surface area contributed by atoms with E-state index in [0.717, 1.165) is 35.2 Å². The quantitative estimate of drug-likeness (QED) is 0.765. The Bertz CT molecular complexity index is 621. The second-order valence-corrected chi connectivity index (χ2v) is 6.15. The first-order valence-electron chi connectivity index (χ1n) is 7.39. The molecule has 0 aliphatic carbocycles. The number of halogens is 1. The van der Waals surface area contributed by atoms with Crippen molar-refractivity contribution in [2.75, 3.05) is 12.0 Å². The van der Waals surface area contributed by atoms with Crippen LogP contribution >= 0.6 is 28.3 Å². The number of nitrogens with one attached hydrogen (secondary N) is 2. The first-order chi connectivity index (χ1) is 10.3. The monoisotopic (exact) mass is 380 g/mol. The predicted molar refractivity (Wildman–Crippen MR) is 100 cm³/mol. The summed E-state index contributed by atoms with van der Waals surface area (Å²) in [6.07, 6.45) is 4.69. The van der Waals surface area contributed by atoms with E-state index in [4.69, 9.17) is 0 Å². The maximum absolute atomic E-state index is 4.61.